The molecule has 2 unspecified atom stereocenters. The summed E-state index contributed by atoms with van der Waals surface area (Å²) in [6, 6.07) is 1.59. The van der Waals surface area contributed by atoms with E-state index in [1.807, 2.05) is 13.8 Å². The zero-order valence-electron chi connectivity index (χ0n) is 12.2. The maximum atomic E-state index is 12.7. The molecular formula is C14H20ClN3O3. The number of carbonyl (C=O) groups is 1. The molecule has 1 aliphatic heterocycles. The lowest BCUT2D eigenvalue weighted by molar-refractivity contribution is -0.0667. The number of nitrogens with one attached hydrogen (secondary N) is 1. The van der Waals surface area contributed by atoms with E-state index in [1.165, 1.54) is 6.20 Å². The van der Waals surface area contributed by atoms with Crippen LogP contribution in [0.25, 0.3) is 0 Å². The van der Waals surface area contributed by atoms with E-state index < -0.39 is 0 Å². The van der Waals surface area contributed by atoms with E-state index in [1.54, 1.807) is 11.0 Å². The van der Waals surface area contributed by atoms with Gasteiger partial charge in [-0.25, -0.2) is 4.98 Å². The molecule has 2 N–H and O–H groups in total. The average Bonchev–Trinajstić information content (AvgIpc) is 2.49. The number of aliphatic hydroxyl groups excluding tert-OH is 1. The van der Waals surface area contributed by atoms with Gasteiger partial charge in [-0.3, -0.25) is 4.79 Å². The van der Waals surface area contributed by atoms with Crippen LogP contribution in [0.2, 0.25) is 5.02 Å². The van der Waals surface area contributed by atoms with Gasteiger partial charge in [0.25, 0.3) is 5.91 Å². The number of hydrogen-bond donors (Lipinski definition) is 2. The molecule has 116 valence electrons. The molecule has 1 fully saturated rings. The van der Waals surface area contributed by atoms with Crippen LogP contribution in [0.15, 0.2) is 12.3 Å². The Labute approximate surface area is 129 Å². The Balaban J connectivity index is 2.23. The van der Waals surface area contributed by atoms with Crippen LogP contribution in [0.1, 0.15) is 24.2 Å². The second-order valence-corrected chi connectivity index (χ2v) is 5.43. The van der Waals surface area contributed by atoms with Crippen molar-refractivity contribution in [2.75, 3.05) is 31.6 Å². The molecule has 7 heteroatoms. The fourth-order valence-electron chi connectivity index (χ4n) is 2.25. The molecule has 1 aliphatic rings. The summed E-state index contributed by atoms with van der Waals surface area (Å²) in [6.07, 6.45) is 1.13. The number of amides is 1. The van der Waals surface area contributed by atoms with Gasteiger partial charge in [0.05, 0.1) is 35.9 Å². The highest BCUT2D eigenvalue weighted by atomic mass is 35.5. The number of morpholine rings is 1. The van der Waals surface area contributed by atoms with E-state index in [9.17, 15) is 9.90 Å². The summed E-state index contributed by atoms with van der Waals surface area (Å²) in [7, 11) is 0. The SMILES string of the molecule is CCNc1cc(C(=O)N2CC(CO)OCC2C)c(Cl)cn1. The van der Waals surface area contributed by atoms with Gasteiger partial charge in [-0.2, -0.15) is 0 Å². The van der Waals surface area contributed by atoms with Crippen LogP contribution in [-0.4, -0.2) is 59.3 Å². The quantitative estimate of drug-likeness (QED) is 0.878. The van der Waals surface area contributed by atoms with E-state index >= 15 is 0 Å². The number of anilines is 1. The van der Waals surface area contributed by atoms with Gasteiger partial charge in [0.1, 0.15) is 5.82 Å². The molecule has 1 saturated heterocycles. The number of carbonyl (C=O) groups excluding carboxylic acids is 1. The summed E-state index contributed by atoms with van der Waals surface area (Å²) in [4.78, 5) is 18.5. The predicted octanol–water partition coefficient (Wildman–Crippen LogP) is 1.39. The Morgan fingerprint density at radius 2 is 2.43 bits per heavy atom. The minimum absolute atomic E-state index is 0.0629. The molecule has 1 amide bonds. The van der Waals surface area contributed by atoms with Gasteiger partial charge in [0, 0.05) is 19.3 Å². The monoisotopic (exact) mass is 313 g/mol. The normalized spacial score (nSPS) is 22.2. The van der Waals surface area contributed by atoms with Crippen LogP contribution in [-0.2, 0) is 4.74 Å². The molecule has 0 spiro atoms. The Morgan fingerprint density at radius 3 is 3.10 bits per heavy atom. The summed E-state index contributed by atoms with van der Waals surface area (Å²) in [6.45, 7) is 5.22. The molecule has 0 radical (unpaired) electrons. The van der Waals surface area contributed by atoms with Gasteiger partial charge in [0.15, 0.2) is 0 Å². The first kappa shape index (κ1) is 16.0. The van der Waals surface area contributed by atoms with Crippen LogP contribution < -0.4 is 5.32 Å². The van der Waals surface area contributed by atoms with Crippen molar-refractivity contribution in [3.8, 4) is 0 Å². The summed E-state index contributed by atoms with van der Waals surface area (Å²) < 4.78 is 5.45. The third kappa shape index (κ3) is 3.64. The Bertz CT molecular complexity index is 512. The van der Waals surface area contributed by atoms with Crippen LogP contribution in [0, 0.1) is 0 Å². The van der Waals surface area contributed by atoms with Crippen LogP contribution >= 0.6 is 11.6 Å². The second-order valence-electron chi connectivity index (χ2n) is 5.02. The maximum Gasteiger partial charge on any atom is 0.255 e. The topological polar surface area (TPSA) is 74.7 Å². The number of rotatable bonds is 4. The van der Waals surface area contributed by atoms with Crippen LogP contribution in [0.4, 0.5) is 5.82 Å². The summed E-state index contributed by atoms with van der Waals surface area (Å²) in [5.41, 5.74) is 0.410. The highest BCUT2D eigenvalue weighted by Gasteiger charge is 2.31. The highest BCUT2D eigenvalue weighted by Crippen LogP contribution is 2.22. The Kier molecular flexibility index (Phi) is 5.39. The molecule has 2 atom stereocenters. The number of aliphatic hydroxyl groups is 1. The summed E-state index contributed by atoms with van der Waals surface area (Å²) >= 11 is 6.11. The molecule has 2 rings (SSSR count). The second kappa shape index (κ2) is 7.06. The minimum Gasteiger partial charge on any atom is -0.394 e. The average molecular weight is 314 g/mol. The van der Waals surface area contributed by atoms with E-state index in [0.29, 0.717) is 36.1 Å². The van der Waals surface area contributed by atoms with E-state index in [-0.39, 0.29) is 24.7 Å². The first-order valence-corrected chi connectivity index (χ1v) is 7.37. The smallest absolute Gasteiger partial charge is 0.255 e. The fraction of sp³-hybridized carbons (Fsp3) is 0.571. The molecule has 2 heterocycles. The number of aromatic nitrogens is 1. The van der Waals surface area contributed by atoms with E-state index in [4.69, 9.17) is 16.3 Å². The Hall–Kier alpha value is -1.37. The first-order chi connectivity index (χ1) is 10.1. The number of ether oxygens (including phenoxy) is 1. The third-order valence-electron chi connectivity index (χ3n) is 3.41. The maximum absolute atomic E-state index is 12.7. The molecule has 1 aromatic heterocycles. The van der Waals surface area contributed by atoms with Crippen molar-refractivity contribution in [3.63, 3.8) is 0 Å². The predicted molar refractivity (Wildman–Crippen MR) is 80.7 cm³/mol. The molecule has 6 nitrogen and oxygen atoms in total. The van der Waals surface area contributed by atoms with Crippen LogP contribution in [0.3, 0.4) is 0 Å². The largest absolute Gasteiger partial charge is 0.394 e. The van der Waals surface area contributed by atoms with Crippen molar-refractivity contribution in [1.82, 2.24) is 9.88 Å². The van der Waals surface area contributed by atoms with E-state index in [2.05, 4.69) is 10.3 Å². The van der Waals surface area contributed by atoms with Gasteiger partial charge in [-0.15, -0.1) is 0 Å². The Morgan fingerprint density at radius 1 is 1.67 bits per heavy atom. The molecule has 0 bridgehead atoms. The minimum atomic E-state index is -0.348. The zero-order valence-corrected chi connectivity index (χ0v) is 12.9. The fourth-order valence-corrected chi connectivity index (χ4v) is 2.43. The lowest BCUT2D eigenvalue weighted by atomic mass is 10.1. The lowest BCUT2D eigenvalue weighted by Crippen LogP contribution is -2.52. The van der Waals surface area contributed by atoms with Crippen molar-refractivity contribution >= 4 is 23.3 Å². The highest BCUT2D eigenvalue weighted by molar-refractivity contribution is 6.33. The number of pyridine rings is 1. The molecule has 1 aromatic rings. The molecule has 0 aliphatic carbocycles. The number of nitrogens with zero attached hydrogens (tertiary/aromatic N) is 2. The third-order valence-corrected chi connectivity index (χ3v) is 3.71. The van der Waals surface area contributed by atoms with Crippen molar-refractivity contribution in [2.24, 2.45) is 0 Å². The van der Waals surface area contributed by atoms with Crippen molar-refractivity contribution in [2.45, 2.75) is 26.0 Å². The van der Waals surface area contributed by atoms with Gasteiger partial charge < -0.3 is 20.1 Å². The van der Waals surface area contributed by atoms with Gasteiger partial charge >= 0.3 is 0 Å². The van der Waals surface area contributed by atoms with Crippen molar-refractivity contribution in [1.29, 1.82) is 0 Å². The van der Waals surface area contributed by atoms with Crippen molar-refractivity contribution < 1.29 is 14.6 Å². The summed E-state index contributed by atoms with van der Waals surface area (Å²) in [5, 5.41) is 12.6. The zero-order chi connectivity index (χ0) is 15.4. The first-order valence-electron chi connectivity index (χ1n) is 6.99. The van der Waals surface area contributed by atoms with Crippen molar-refractivity contribution in [3.05, 3.63) is 22.8 Å². The van der Waals surface area contributed by atoms with Gasteiger partial charge in [-0.05, 0) is 19.9 Å². The standard InChI is InChI=1S/C14H20ClN3O3/c1-3-16-13-4-11(12(15)5-17-13)14(20)18-6-10(7-19)21-8-9(18)2/h4-5,9-10,19H,3,6-8H2,1-2H3,(H,16,17). The number of hydrogen-bond acceptors (Lipinski definition) is 5. The number of halogens is 1. The van der Waals surface area contributed by atoms with Gasteiger partial charge in [0.2, 0.25) is 0 Å². The molecule has 21 heavy (non-hydrogen) atoms. The molecular weight excluding hydrogens is 294 g/mol. The van der Waals surface area contributed by atoms with E-state index in [0.717, 1.165) is 0 Å². The molecule has 0 saturated carbocycles. The summed E-state index contributed by atoms with van der Waals surface area (Å²) in [5.74, 6) is 0.445. The molecule has 0 aromatic carbocycles. The lowest BCUT2D eigenvalue weighted by Gasteiger charge is -2.37. The van der Waals surface area contributed by atoms with Crippen LogP contribution in [0.5, 0.6) is 0 Å². The van der Waals surface area contributed by atoms with Gasteiger partial charge in [-0.1, -0.05) is 11.6 Å².